The predicted octanol–water partition coefficient (Wildman–Crippen LogP) is 6.35. The fraction of sp³-hybridized carbons (Fsp3) is 0.438. The van der Waals surface area contributed by atoms with Gasteiger partial charge in [0.1, 0.15) is 11.3 Å². The average Bonchev–Trinajstić information content (AvgIpc) is 3.45. The van der Waals surface area contributed by atoms with Crippen LogP contribution in [0.5, 0.6) is 11.6 Å². The Kier molecular flexibility index (Phi) is 9.11. The molecule has 5 rings (SSSR count). The molecular weight excluding hydrogens is 627 g/mol. The SMILES string of the molecule is COc1nc2ccc(C(O)(c3ccc(C(F)(F)F)nc3)c3cncn3C)cc2c(Cl)c1OCC1CCN(C(=O)OC(C)(C)C)CC1. The molecule has 3 aromatic heterocycles. The zero-order valence-corrected chi connectivity index (χ0v) is 26.8. The monoisotopic (exact) mass is 661 g/mol. The summed E-state index contributed by atoms with van der Waals surface area (Å²) in [5.74, 6) is 0.512. The fourth-order valence-corrected chi connectivity index (χ4v) is 5.71. The predicted molar refractivity (Wildman–Crippen MR) is 164 cm³/mol. The van der Waals surface area contributed by atoms with Gasteiger partial charge in [-0.25, -0.2) is 14.8 Å². The van der Waals surface area contributed by atoms with Crippen molar-refractivity contribution in [3.63, 3.8) is 0 Å². The summed E-state index contributed by atoms with van der Waals surface area (Å²) in [5.41, 5.74) is -2.49. The molecule has 0 bridgehead atoms. The van der Waals surface area contributed by atoms with Gasteiger partial charge in [0, 0.05) is 37.3 Å². The highest BCUT2D eigenvalue weighted by molar-refractivity contribution is 6.37. The summed E-state index contributed by atoms with van der Waals surface area (Å²) in [7, 11) is 3.11. The number of fused-ring (bicyclic) bond motifs is 1. The van der Waals surface area contributed by atoms with Gasteiger partial charge < -0.3 is 28.8 Å². The summed E-state index contributed by atoms with van der Waals surface area (Å²) in [6.45, 7) is 6.83. The zero-order valence-electron chi connectivity index (χ0n) is 26.1. The molecule has 1 atom stereocenters. The highest BCUT2D eigenvalue weighted by Gasteiger charge is 2.39. The van der Waals surface area contributed by atoms with E-state index >= 15 is 0 Å². The van der Waals surface area contributed by atoms with Crippen LogP contribution in [0.25, 0.3) is 10.9 Å². The van der Waals surface area contributed by atoms with Gasteiger partial charge in [0.25, 0.3) is 5.88 Å². The maximum absolute atomic E-state index is 13.3. The Morgan fingerprint density at radius 3 is 2.35 bits per heavy atom. The van der Waals surface area contributed by atoms with Crippen molar-refractivity contribution in [2.75, 3.05) is 26.8 Å². The first-order chi connectivity index (χ1) is 21.6. The molecule has 1 amide bonds. The van der Waals surface area contributed by atoms with Gasteiger partial charge in [0.15, 0.2) is 5.60 Å². The normalized spacial score (nSPS) is 15.9. The number of aryl methyl sites for hydroxylation is 1. The average molecular weight is 662 g/mol. The van der Waals surface area contributed by atoms with E-state index in [1.165, 1.54) is 25.7 Å². The van der Waals surface area contributed by atoms with Crippen molar-refractivity contribution in [3.05, 3.63) is 76.6 Å². The van der Waals surface area contributed by atoms with Gasteiger partial charge in [-0.15, -0.1) is 0 Å². The number of carbonyl (C=O) groups is 1. The quantitative estimate of drug-likeness (QED) is 0.244. The Morgan fingerprint density at radius 1 is 1.09 bits per heavy atom. The second kappa shape index (κ2) is 12.6. The second-order valence-corrected chi connectivity index (χ2v) is 12.6. The van der Waals surface area contributed by atoms with E-state index in [9.17, 15) is 23.1 Å². The number of ether oxygens (including phenoxy) is 3. The number of likely N-dealkylation sites (tertiary alicyclic amines) is 1. The van der Waals surface area contributed by atoms with Gasteiger partial charge in [-0.3, -0.25) is 4.98 Å². The minimum atomic E-state index is -4.64. The molecule has 0 saturated carbocycles. The number of methoxy groups -OCH3 is 1. The van der Waals surface area contributed by atoms with Crippen molar-refractivity contribution >= 4 is 28.6 Å². The van der Waals surface area contributed by atoms with Gasteiger partial charge in [-0.05, 0) is 63.3 Å². The number of piperidine rings is 1. The number of amides is 1. The number of imidazole rings is 1. The Bertz CT molecular complexity index is 1720. The van der Waals surface area contributed by atoms with Crippen molar-refractivity contribution in [1.82, 2.24) is 24.4 Å². The van der Waals surface area contributed by atoms with Gasteiger partial charge in [0.05, 0.1) is 42.5 Å². The Balaban J connectivity index is 1.45. The summed E-state index contributed by atoms with van der Waals surface area (Å²) < 4.78 is 58.6. The summed E-state index contributed by atoms with van der Waals surface area (Å²) in [5, 5.41) is 12.9. The third-order valence-electron chi connectivity index (χ3n) is 7.85. The number of halogens is 4. The molecule has 0 aliphatic carbocycles. The van der Waals surface area contributed by atoms with Crippen molar-refractivity contribution in [3.8, 4) is 11.6 Å². The lowest BCUT2D eigenvalue weighted by molar-refractivity contribution is -0.141. The number of pyridine rings is 2. The second-order valence-electron chi connectivity index (χ2n) is 12.2. The summed E-state index contributed by atoms with van der Waals surface area (Å²) in [6.07, 6.45) is 0.309. The molecule has 1 aliphatic heterocycles. The lowest BCUT2D eigenvalue weighted by Crippen LogP contribution is -2.42. The molecule has 14 heteroatoms. The maximum atomic E-state index is 13.3. The Labute approximate surface area is 269 Å². The third kappa shape index (κ3) is 6.70. The molecule has 1 saturated heterocycles. The number of alkyl halides is 3. The van der Waals surface area contributed by atoms with E-state index in [1.54, 1.807) is 34.7 Å². The van der Waals surface area contributed by atoms with Crippen LogP contribution in [0.1, 0.15) is 56.1 Å². The minimum absolute atomic E-state index is 0.0928. The summed E-state index contributed by atoms with van der Waals surface area (Å²) in [4.78, 5) is 26.4. The maximum Gasteiger partial charge on any atom is 0.433 e. The molecule has 1 aliphatic rings. The number of benzene rings is 1. The first-order valence-electron chi connectivity index (χ1n) is 14.6. The van der Waals surface area contributed by atoms with Crippen LogP contribution in [-0.4, -0.2) is 68.0 Å². The molecule has 246 valence electrons. The van der Waals surface area contributed by atoms with Gasteiger partial charge in [-0.2, -0.15) is 13.2 Å². The molecule has 10 nitrogen and oxygen atoms in total. The molecule has 0 spiro atoms. The first-order valence-corrected chi connectivity index (χ1v) is 15.0. The fourth-order valence-electron chi connectivity index (χ4n) is 5.43. The van der Waals surface area contributed by atoms with E-state index in [1.807, 2.05) is 20.8 Å². The van der Waals surface area contributed by atoms with E-state index in [0.717, 1.165) is 12.3 Å². The van der Waals surface area contributed by atoms with E-state index in [0.29, 0.717) is 54.7 Å². The molecule has 1 unspecified atom stereocenters. The highest BCUT2D eigenvalue weighted by atomic mass is 35.5. The van der Waals surface area contributed by atoms with Crippen molar-refractivity contribution in [2.45, 2.75) is 51.0 Å². The van der Waals surface area contributed by atoms with E-state index in [-0.39, 0.29) is 34.2 Å². The summed E-state index contributed by atoms with van der Waals surface area (Å²) >= 11 is 6.91. The molecule has 46 heavy (non-hydrogen) atoms. The molecule has 1 fully saturated rings. The topological polar surface area (TPSA) is 112 Å². The zero-order chi connectivity index (χ0) is 33.4. The number of hydrogen-bond acceptors (Lipinski definition) is 8. The van der Waals surface area contributed by atoms with Gasteiger partial charge >= 0.3 is 12.3 Å². The highest BCUT2D eigenvalue weighted by Crippen LogP contribution is 2.43. The number of hydrogen-bond donors (Lipinski definition) is 1. The van der Waals surface area contributed by atoms with Gasteiger partial charge in [0.2, 0.25) is 5.75 Å². The largest absolute Gasteiger partial charge is 0.486 e. The summed E-state index contributed by atoms with van der Waals surface area (Å²) in [6, 6.07) is 6.86. The number of rotatable bonds is 7. The molecule has 1 aromatic carbocycles. The number of aromatic nitrogens is 4. The smallest absolute Gasteiger partial charge is 0.433 e. The molecule has 4 heterocycles. The van der Waals surface area contributed by atoms with Crippen molar-refractivity contribution < 1.29 is 37.3 Å². The van der Waals surface area contributed by atoms with Crippen molar-refractivity contribution in [2.24, 2.45) is 13.0 Å². The van der Waals surface area contributed by atoms with E-state index in [2.05, 4.69) is 15.0 Å². The first kappa shape index (κ1) is 33.3. The van der Waals surface area contributed by atoms with Crippen LogP contribution in [0.4, 0.5) is 18.0 Å². The molecular formula is C32H35ClF3N5O5. The van der Waals surface area contributed by atoms with E-state index < -0.39 is 23.1 Å². The molecule has 0 radical (unpaired) electrons. The van der Waals surface area contributed by atoms with Crippen LogP contribution >= 0.6 is 11.6 Å². The molecule has 1 N–H and O–H groups in total. The number of aliphatic hydroxyl groups is 1. The van der Waals surface area contributed by atoms with Crippen LogP contribution in [0.3, 0.4) is 0 Å². The lowest BCUT2D eigenvalue weighted by Gasteiger charge is -2.33. The minimum Gasteiger partial charge on any atom is -0.486 e. The lowest BCUT2D eigenvalue weighted by atomic mass is 9.83. The Morgan fingerprint density at radius 2 is 1.78 bits per heavy atom. The van der Waals surface area contributed by atoms with Crippen molar-refractivity contribution in [1.29, 1.82) is 0 Å². The van der Waals surface area contributed by atoms with E-state index in [4.69, 9.17) is 25.8 Å². The van der Waals surface area contributed by atoms with Crippen LogP contribution in [0.2, 0.25) is 5.02 Å². The standard InChI is InChI=1S/C32H35ClF3N5O5/c1-30(2,3)46-29(42)41-12-10-19(11-13-41)17-45-27-26(33)22-14-20(6-8-23(22)39-28(27)44-5)31(43,25-16-37-18-40(25)4)21-7-9-24(38-15-21)32(34,35)36/h6-9,14-16,18-19,43H,10-13,17H2,1-5H3. The van der Waals surface area contributed by atoms with Crippen LogP contribution in [0.15, 0.2) is 49.1 Å². The Hall–Kier alpha value is -4.10. The third-order valence-corrected chi connectivity index (χ3v) is 8.22. The number of nitrogens with zero attached hydrogens (tertiary/aromatic N) is 5. The molecule has 4 aromatic rings. The number of carbonyl (C=O) groups excluding carboxylic acids is 1. The van der Waals surface area contributed by atoms with Gasteiger partial charge in [-0.1, -0.05) is 23.7 Å². The van der Waals surface area contributed by atoms with Crippen LogP contribution < -0.4 is 9.47 Å². The van der Waals surface area contributed by atoms with Crippen LogP contribution in [-0.2, 0) is 23.6 Å². The van der Waals surface area contributed by atoms with Crippen LogP contribution in [0, 0.1) is 5.92 Å².